The average Bonchev–Trinajstić information content (AvgIpc) is 2.93. The molecule has 2 aromatic rings. The minimum atomic E-state index is -0.0730. The molecule has 0 unspecified atom stereocenters. The highest BCUT2D eigenvalue weighted by molar-refractivity contribution is 6.06. The van der Waals surface area contributed by atoms with E-state index >= 15 is 0 Å². The van der Waals surface area contributed by atoms with Gasteiger partial charge in [0.15, 0.2) is 0 Å². The second kappa shape index (κ2) is 4.89. The first-order chi connectivity index (χ1) is 9.65. The Hall–Kier alpha value is -2.49. The molecule has 1 aliphatic rings. The van der Waals surface area contributed by atoms with Crippen molar-refractivity contribution in [3.05, 3.63) is 53.6 Å². The van der Waals surface area contributed by atoms with Crippen LogP contribution in [-0.4, -0.2) is 19.6 Å². The number of anilines is 2. The molecular formula is C16H16N2O2. The third kappa shape index (κ3) is 2.20. The summed E-state index contributed by atoms with van der Waals surface area (Å²) in [5.41, 5.74) is 8.91. The van der Waals surface area contributed by atoms with Crippen molar-refractivity contribution in [2.45, 2.75) is 6.42 Å². The Balaban J connectivity index is 1.88. The number of nitrogens with zero attached hydrogens (tertiary/aromatic N) is 1. The predicted octanol–water partition coefficient (Wildman–Crippen LogP) is 2.48. The maximum Gasteiger partial charge on any atom is 0.258 e. The highest BCUT2D eigenvalue weighted by Gasteiger charge is 2.17. The molecule has 0 fully saturated rings. The lowest BCUT2D eigenvalue weighted by molar-refractivity contribution is 0.0993. The van der Waals surface area contributed by atoms with Crippen LogP contribution in [0.2, 0.25) is 0 Å². The van der Waals surface area contributed by atoms with E-state index in [4.69, 9.17) is 10.5 Å². The van der Waals surface area contributed by atoms with Gasteiger partial charge < -0.3 is 15.4 Å². The first-order valence-corrected chi connectivity index (χ1v) is 6.54. The van der Waals surface area contributed by atoms with Crippen LogP contribution in [0.3, 0.4) is 0 Å². The normalized spacial score (nSPS) is 12.7. The number of fused-ring (bicyclic) bond motifs is 1. The number of nitrogen functional groups attached to an aromatic ring is 1. The summed E-state index contributed by atoms with van der Waals surface area (Å²) in [7, 11) is 1.77. The highest BCUT2D eigenvalue weighted by atomic mass is 16.5. The highest BCUT2D eigenvalue weighted by Crippen LogP contribution is 2.29. The van der Waals surface area contributed by atoms with E-state index in [1.54, 1.807) is 36.2 Å². The summed E-state index contributed by atoms with van der Waals surface area (Å²) in [6.07, 6.45) is 0.892. The smallest absolute Gasteiger partial charge is 0.258 e. The molecule has 0 radical (unpaired) electrons. The lowest BCUT2D eigenvalue weighted by Gasteiger charge is -2.18. The summed E-state index contributed by atoms with van der Waals surface area (Å²) in [5, 5.41) is 0. The summed E-state index contributed by atoms with van der Waals surface area (Å²) in [6, 6.07) is 12.8. The van der Waals surface area contributed by atoms with Gasteiger partial charge in [-0.25, -0.2) is 0 Å². The van der Waals surface area contributed by atoms with Gasteiger partial charge in [-0.2, -0.15) is 0 Å². The zero-order valence-corrected chi connectivity index (χ0v) is 11.3. The zero-order chi connectivity index (χ0) is 14.1. The van der Waals surface area contributed by atoms with E-state index < -0.39 is 0 Å². The van der Waals surface area contributed by atoms with Gasteiger partial charge in [0, 0.05) is 30.4 Å². The number of ether oxygens (including phenoxy) is 1. The number of carbonyl (C=O) groups excluding carboxylic acids is 1. The van der Waals surface area contributed by atoms with Gasteiger partial charge in [0.2, 0.25) is 0 Å². The van der Waals surface area contributed by atoms with E-state index in [1.807, 2.05) is 18.2 Å². The summed E-state index contributed by atoms with van der Waals surface area (Å²) in [5.74, 6) is 0.842. The van der Waals surface area contributed by atoms with E-state index in [0.717, 1.165) is 23.4 Å². The lowest BCUT2D eigenvalue weighted by Crippen LogP contribution is -2.26. The summed E-state index contributed by atoms with van der Waals surface area (Å²) in [4.78, 5) is 14.1. The molecule has 102 valence electrons. The van der Waals surface area contributed by atoms with Gasteiger partial charge >= 0.3 is 0 Å². The van der Waals surface area contributed by atoms with Crippen LogP contribution < -0.4 is 15.4 Å². The van der Waals surface area contributed by atoms with Crippen LogP contribution in [0.15, 0.2) is 42.5 Å². The van der Waals surface area contributed by atoms with Crippen molar-refractivity contribution in [1.29, 1.82) is 0 Å². The molecule has 1 aliphatic heterocycles. The standard InChI is InChI=1S/C16H16N2O2/c1-18(16(19)12-3-2-4-13(17)9-12)14-5-6-15-11(10-14)7-8-20-15/h2-6,9-10H,7-8,17H2,1H3. The molecule has 0 saturated carbocycles. The summed E-state index contributed by atoms with van der Waals surface area (Å²) >= 11 is 0. The van der Waals surface area contributed by atoms with E-state index in [1.165, 1.54) is 0 Å². The van der Waals surface area contributed by atoms with Gasteiger partial charge in [-0.1, -0.05) is 6.07 Å². The van der Waals surface area contributed by atoms with Gasteiger partial charge in [-0.3, -0.25) is 4.79 Å². The molecule has 3 rings (SSSR count). The average molecular weight is 268 g/mol. The van der Waals surface area contributed by atoms with Crippen molar-refractivity contribution in [1.82, 2.24) is 0 Å². The molecule has 0 bridgehead atoms. The minimum Gasteiger partial charge on any atom is -0.493 e. The Kier molecular flexibility index (Phi) is 3.06. The first kappa shape index (κ1) is 12.5. The third-order valence-corrected chi connectivity index (χ3v) is 3.50. The molecular weight excluding hydrogens is 252 g/mol. The number of amides is 1. The summed E-state index contributed by atoms with van der Waals surface area (Å²) in [6.45, 7) is 0.714. The van der Waals surface area contributed by atoms with Crippen molar-refractivity contribution in [3.8, 4) is 5.75 Å². The maximum atomic E-state index is 12.4. The molecule has 4 nitrogen and oxygen atoms in total. The number of rotatable bonds is 2. The number of hydrogen-bond donors (Lipinski definition) is 1. The SMILES string of the molecule is CN(C(=O)c1cccc(N)c1)c1ccc2c(c1)CCO2. The number of nitrogens with two attached hydrogens (primary N) is 1. The van der Waals surface area contributed by atoms with Gasteiger partial charge in [0.05, 0.1) is 6.61 Å². The van der Waals surface area contributed by atoms with E-state index in [0.29, 0.717) is 17.9 Å². The molecule has 4 heteroatoms. The van der Waals surface area contributed by atoms with Crippen LogP contribution in [0.5, 0.6) is 5.75 Å². The topological polar surface area (TPSA) is 55.6 Å². The van der Waals surface area contributed by atoms with Crippen LogP contribution in [0.25, 0.3) is 0 Å². The molecule has 1 heterocycles. The fourth-order valence-electron chi connectivity index (χ4n) is 2.36. The van der Waals surface area contributed by atoms with Crippen LogP contribution >= 0.6 is 0 Å². The molecule has 0 atom stereocenters. The predicted molar refractivity (Wildman–Crippen MR) is 79.2 cm³/mol. The second-order valence-corrected chi connectivity index (χ2v) is 4.88. The molecule has 2 N–H and O–H groups in total. The van der Waals surface area contributed by atoms with Gasteiger partial charge in [0.25, 0.3) is 5.91 Å². The molecule has 0 aliphatic carbocycles. The van der Waals surface area contributed by atoms with E-state index in [2.05, 4.69) is 0 Å². The Bertz CT molecular complexity index is 667. The van der Waals surface area contributed by atoms with E-state index in [-0.39, 0.29) is 5.91 Å². The third-order valence-electron chi connectivity index (χ3n) is 3.50. The van der Waals surface area contributed by atoms with Crippen molar-refractivity contribution in [2.24, 2.45) is 0 Å². The Morgan fingerprint density at radius 3 is 2.90 bits per heavy atom. The first-order valence-electron chi connectivity index (χ1n) is 6.54. The molecule has 20 heavy (non-hydrogen) atoms. The quantitative estimate of drug-likeness (QED) is 0.851. The molecule has 0 saturated heterocycles. The maximum absolute atomic E-state index is 12.4. The fourth-order valence-corrected chi connectivity index (χ4v) is 2.36. The largest absolute Gasteiger partial charge is 0.493 e. The van der Waals surface area contributed by atoms with Gasteiger partial charge in [-0.15, -0.1) is 0 Å². The minimum absolute atomic E-state index is 0.0730. The van der Waals surface area contributed by atoms with Crippen LogP contribution in [0.4, 0.5) is 11.4 Å². The number of benzene rings is 2. The molecule has 0 aromatic heterocycles. The molecule has 0 spiro atoms. The van der Waals surface area contributed by atoms with Gasteiger partial charge in [-0.05, 0) is 42.0 Å². The fraction of sp³-hybridized carbons (Fsp3) is 0.188. The Morgan fingerprint density at radius 2 is 2.10 bits per heavy atom. The molecule has 2 aromatic carbocycles. The van der Waals surface area contributed by atoms with Crippen molar-refractivity contribution < 1.29 is 9.53 Å². The van der Waals surface area contributed by atoms with Crippen molar-refractivity contribution in [2.75, 3.05) is 24.3 Å². The van der Waals surface area contributed by atoms with Gasteiger partial charge in [0.1, 0.15) is 5.75 Å². The van der Waals surface area contributed by atoms with Crippen LogP contribution in [0.1, 0.15) is 15.9 Å². The second-order valence-electron chi connectivity index (χ2n) is 4.88. The monoisotopic (exact) mass is 268 g/mol. The lowest BCUT2D eigenvalue weighted by atomic mass is 10.1. The van der Waals surface area contributed by atoms with Crippen LogP contribution in [0, 0.1) is 0 Å². The van der Waals surface area contributed by atoms with Crippen LogP contribution in [-0.2, 0) is 6.42 Å². The number of carbonyl (C=O) groups is 1. The zero-order valence-electron chi connectivity index (χ0n) is 11.3. The van der Waals surface area contributed by atoms with Crippen molar-refractivity contribution >= 4 is 17.3 Å². The van der Waals surface area contributed by atoms with E-state index in [9.17, 15) is 4.79 Å². The Morgan fingerprint density at radius 1 is 1.25 bits per heavy atom. The van der Waals surface area contributed by atoms with Crippen molar-refractivity contribution in [3.63, 3.8) is 0 Å². The Labute approximate surface area is 117 Å². The molecule has 1 amide bonds. The number of hydrogen-bond acceptors (Lipinski definition) is 3. The summed E-state index contributed by atoms with van der Waals surface area (Å²) < 4.78 is 5.47.